The molecule has 96 heavy (non-hydrogen) atoms. The minimum atomic E-state index is -0.523. The smallest absolute Gasteiger partial charge is 0.399 e. The van der Waals surface area contributed by atoms with Crippen molar-refractivity contribution in [1.82, 2.24) is 0 Å². The van der Waals surface area contributed by atoms with Crippen molar-refractivity contribution in [3.63, 3.8) is 0 Å². The quantitative estimate of drug-likeness (QED) is 0.163. The Morgan fingerprint density at radius 1 is 0.365 bits per heavy atom. The number of benzene rings is 6. The largest absolute Gasteiger partial charge is 0.640 e. The van der Waals surface area contributed by atoms with Gasteiger partial charge in [-0.15, -0.1) is 0 Å². The predicted molar refractivity (Wildman–Crippen MR) is 413 cm³/mol. The molecule has 13 heteroatoms. The van der Waals surface area contributed by atoms with E-state index in [0.717, 1.165) is 18.3 Å². The Labute approximate surface area is 598 Å². The lowest BCUT2D eigenvalue weighted by Crippen LogP contribution is -2.41. The SMILES string of the molecule is Brc1ccc2c(c1)C1(CCCCCCCCCCCCCC1)c1cc(Br)c3ccccc3c1-2.CC(C)OB1OC(C)(C)C(C)(C)O1.CC1(C)OB(c2ccc3c(c2)C2(CCCCCCCCCCCCCC2)c2cc(B4OC(C)(C)C(C)(C)O4)c4ccccc4c2-3)OC1(C)C.F.[2HH]. The van der Waals surface area contributed by atoms with Crippen molar-refractivity contribution in [1.29, 1.82) is 0 Å². The molecule has 6 aromatic rings. The molecule has 0 bridgehead atoms. The van der Waals surface area contributed by atoms with Crippen molar-refractivity contribution in [2.75, 3.05) is 0 Å². The Balaban J connectivity index is 0.000000197. The summed E-state index contributed by atoms with van der Waals surface area (Å²) in [4.78, 5) is 0. The highest BCUT2D eigenvalue weighted by Crippen LogP contribution is 2.59. The number of halogens is 3. The van der Waals surface area contributed by atoms with E-state index < -0.39 is 25.6 Å². The zero-order valence-corrected chi connectivity index (χ0v) is 64.5. The average Bonchev–Trinajstić information content (AvgIpc) is 1.56. The van der Waals surface area contributed by atoms with Gasteiger partial charge in [-0.05, 0) is 218 Å². The molecule has 522 valence electrons. The van der Waals surface area contributed by atoms with E-state index in [-0.39, 0.29) is 52.6 Å². The van der Waals surface area contributed by atoms with Gasteiger partial charge in [0.2, 0.25) is 0 Å². The van der Waals surface area contributed by atoms with Crippen LogP contribution in [0.2, 0.25) is 0 Å². The number of rotatable bonds is 4. The summed E-state index contributed by atoms with van der Waals surface area (Å²) in [5.41, 5.74) is 12.0. The van der Waals surface area contributed by atoms with Gasteiger partial charge < -0.3 is 32.6 Å². The first-order chi connectivity index (χ1) is 45.2. The predicted octanol–water partition coefficient (Wildman–Crippen LogP) is 23.7. The fourth-order valence-electron chi connectivity index (χ4n) is 16.6. The van der Waals surface area contributed by atoms with E-state index in [1.165, 1.54) is 236 Å². The van der Waals surface area contributed by atoms with Gasteiger partial charge in [-0.3, -0.25) is 4.70 Å². The molecule has 0 radical (unpaired) electrons. The first-order valence-electron chi connectivity index (χ1n) is 37.7. The zero-order chi connectivity index (χ0) is 67.6. The van der Waals surface area contributed by atoms with Gasteiger partial charge in [0.25, 0.3) is 0 Å². The topological polar surface area (TPSA) is 64.6 Å². The van der Waals surface area contributed by atoms with Crippen LogP contribution in [0, 0.1) is 0 Å². The van der Waals surface area contributed by atoms with Gasteiger partial charge in [0.15, 0.2) is 0 Å². The Kier molecular flexibility index (Phi) is 24.4. The van der Waals surface area contributed by atoms with Crippen LogP contribution in [0.15, 0.2) is 106 Å². The minimum absolute atomic E-state index is 0. The lowest BCUT2D eigenvalue weighted by atomic mass is 9.66. The lowest BCUT2D eigenvalue weighted by molar-refractivity contribution is 0.00578. The first-order valence-corrected chi connectivity index (χ1v) is 39.3. The third-order valence-corrected chi connectivity index (χ3v) is 25.4. The van der Waals surface area contributed by atoms with E-state index in [1.807, 2.05) is 41.5 Å². The van der Waals surface area contributed by atoms with Crippen LogP contribution < -0.4 is 10.9 Å². The molecule has 0 atom stereocenters. The molecule has 3 aliphatic heterocycles. The molecule has 0 aromatic heterocycles. The molecule has 2 saturated carbocycles. The standard InChI is InChI=1S/C43H60B2O4.C31H36Br2.C9H19BO3.FH.H2/c1-39(2)40(3,4)47-44(46-39)31-25-26-34-35(29-31)43(27-21-17-15-13-11-9-10-12-14-16-18-22-28-43)36-30-37(32-23-19-20-24-33(32)38(34)36)45-48-41(5,6)42(7,8)49-45;32-23-17-18-26-27(21-23)31(28-22-29(33)24-15-11-12-16-25(24)30(26)28)19-13-9-7-5-3-1-2-4-6-8-10-14-20-31;1-7(2)11-10-12-8(3,4)9(5,6)13-10;;/h19-20,23-26,29-30H,9-18,21-22,27-28H2,1-8H3;11-12,15-18,21-22H,1-10,13-14,19-20H2;7H,1-6H3;2*1H/i;;;;1+1. The fourth-order valence-corrected chi connectivity index (χ4v) is 17.5. The van der Waals surface area contributed by atoms with E-state index in [0.29, 0.717) is 0 Å². The maximum atomic E-state index is 6.79. The maximum absolute atomic E-state index is 6.79. The van der Waals surface area contributed by atoms with Crippen molar-refractivity contribution in [2.24, 2.45) is 0 Å². The third kappa shape index (κ3) is 15.7. The van der Waals surface area contributed by atoms with E-state index in [9.17, 15) is 0 Å². The molecular formula is C83H118B3Br2FO7. The number of hydrogen-bond donors (Lipinski definition) is 0. The maximum Gasteiger partial charge on any atom is 0.640 e. The Morgan fingerprint density at radius 2 is 0.698 bits per heavy atom. The van der Waals surface area contributed by atoms with Crippen LogP contribution in [0.4, 0.5) is 4.70 Å². The van der Waals surface area contributed by atoms with Gasteiger partial charge in [0.05, 0.1) is 33.6 Å². The second-order valence-electron chi connectivity index (χ2n) is 32.8. The average molecular weight is 1440 g/mol. The second-order valence-corrected chi connectivity index (χ2v) is 34.6. The minimum Gasteiger partial charge on any atom is -0.399 e. The van der Waals surface area contributed by atoms with Crippen molar-refractivity contribution in [3.05, 3.63) is 128 Å². The molecule has 0 N–H and O–H groups in total. The Morgan fingerprint density at radius 3 is 1.11 bits per heavy atom. The van der Waals surface area contributed by atoms with E-state index in [2.05, 4.69) is 184 Å². The van der Waals surface area contributed by atoms with Crippen molar-refractivity contribution in [2.45, 2.75) is 327 Å². The van der Waals surface area contributed by atoms with E-state index in [4.69, 9.17) is 32.6 Å². The Hall–Kier alpha value is -3.36. The first kappa shape index (κ1) is 75.3. The van der Waals surface area contributed by atoms with Crippen LogP contribution in [0.25, 0.3) is 43.8 Å². The zero-order valence-electron chi connectivity index (χ0n) is 61.4. The van der Waals surface area contributed by atoms with Crippen LogP contribution in [0.1, 0.15) is 300 Å². The van der Waals surface area contributed by atoms with Crippen LogP contribution in [-0.2, 0) is 43.4 Å². The van der Waals surface area contributed by atoms with Crippen molar-refractivity contribution in [3.8, 4) is 22.3 Å². The van der Waals surface area contributed by atoms with Gasteiger partial charge in [-0.25, -0.2) is 0 Å². The lowest BCUT2D eigenvalue weighted by Gasteiger charge is -2.34. The molecule has 13 rings (SSSR count). The van der Waals surface area contributed by atoms with Crippen molar-refractivity contribution < 1.29 is 38.7 Å². The molecule has 0 amide bonds. The van der Waals surface area contributed by atoms with Gasteiger partial charge in [-0.2, -0.15) is 0 Å². The van der Waals surface area contributed by atoms with Crippen LogP contribution >= 0.6 is 31.9 Å². The molecular weight excluding hydrogens is 1320 g/mol. The molecule has 7 aliphatic rings. The molecule has 0 unspecified atom stereocenters. The number of hydrogen-bond acceptors (Lipinski definition) is 7. The highest BCUT2D eigenvalue weighted by molar-refractivity contribution is 9.11. The molecule has 2 spiro atoms. The fraction of sp³-hybridized carbons (Fsp3) is 0.614. The molecule has 6 aromatic carbocycles. The van der Waals surface area contributed by atoms with Crippen LogP contribution in [0.3, 0.4) is 0 Å². The van der Waals surface area contributed by atoms with Gasteiger partial charge >= 0.3 is 21.6 Å². The summed E-state index contributed by atoms with van der Waals surface area (Å²) >= 11 is 7.79. The normalized spacial score (nSPS) is 22.9. The van der Waals surface area contributed by atoms with E-state index in [1.54, 1.807) is 11.1 Å². The molecule has 3 heterocycles. The summed E-state index contributed by atoms with van der Waals surface area (Å²) in [5, 5.41) is 5.27. The summed E-state index contributed by atoms with van der Waals surface area (Å²) in [6.07, 6.45) is 37.8. The van der Waals surface area contributed by atoms with Gasteiger partial charge in [0, 0.05) is 27.3 Å². The molecule has 5 fully saturated rings. The van der Waals surface area contributed by atoms with E-state index >= 15 is 0 Å². The Bertz CT molecular complexity index is 3550. The summed E-state index contributed by atoms with van der Waals surface area (Å²) in [7, 11) is -1.32. The highest BCUT2D eigenvalue weighted by Gasteiger charge is 2.56. The summed E-state index contributed by atoms with van der Waals surface area (Å²) in [6.45, 7) is 29.2. The van der Waals surface area contributed by atoms with Crippen LogP contribution in [0.5, 0.6) is 0 Å². The molecule has 3 saturated heterocycles. The third-order valence-electron chi connectivity index (χ3n) is 24.3. The number of fused-ring (bicyclic) bond motifs is 14. The van der Waals surface area contributed by atoms with Gasteiger partial charge in [-0.1, -0.05) is 265 Å². The second kappa shape index (κ2) is 31.1. The monoisotopic (exact) mass is 1440 g/mol. The van der Waals surface area contributed by atoms with Crippen molar-refractivity contribution >= 4 is 85.9 Å². The summed E-state index contributed by atoms with van der Waals surface area (Å²) < 4.78 is 46.0. The summed E-state index contributed by atoms with van der Waals surface area (Å²) in [5.74, 6) is 0. The molecule has 4 aliphatic carbocycles. The summed E-state index contributed by atoms with van der Waals surface area (Å²) in [6, 6.07) is 37.2. The highest BCUT2D eigenvalue weighted by atomic mass is 79.9. The molecule has 7 nitrogen and oxygen atoms in total. The van der Waals surface area contributed by atoms with Gasteiger partial charge in [0.1, 0.15) is 0 Å². The van der Waals surface area contributed by atoms with Crippen LogP contribution in [-0.4, -0.2) is 61.3 Å².